The summed E-state index contributed by atoms with van der Waals surface area (Å²) in [7, 11) is 0. The molecule has 0 aliphatic carbocycles. The number of aryl methyl sites for hydroxylation is 1. The zero-order chi connectivity index (χ0) is 23.6. The lowest BCUT2D eigenvalue weighted by atomic mass is 10.1. The Labute approximate surface area is 197 Å². The van der Waals surface area contributed by atoms with E-state index in [1.165, 1.54) is 0 Å². The lowest BCUT2D eigenvalue weighted by Crippen LogP contribution is -2.40. The predicted molar refractivity (Wildman–Crippen MR) is 132 cm³/mol. The second-order valence-corrected chi connectivity index (χ2v) is 8.20. The van der Waals surface area contributed by atoms with Crippen LogP contribution in [0.5, 0.6) is 11.6 Å². The Bertz CT molecular complexity index is 989. The van der Waals surface area contributed by atoms with E-state index in [0.29, 0.717) is 25.6 Å². The fourth-order valence-corrected chi connectivity index (χ4v) is 3.64. The highest BCUT2D eigenvalue weighted by molar-refractivity contribution is 5.43. The Balaban J connectivity index is 1.93. The van der Waals surface area contributed by atoms with Crippen LogP contribution in [-0.2, 0) is 11.3 Å². The molecule has 0 amide bonds. The largest absolute Gasteiger partial charge is 0.439 e. The minimum absolute atomic E-state index is 0.267. The fraction of sp³-hybridized carbons (Fsp3) is 0.370. The third kappa shape index (κ3) is 6.78. The molecule has 3 aromatic rings. The van der Waals surface area contributed by atoms with Crippen molar-refractivity contribution in [1.29, 1.82) is 0 Å². The monoisotopic (exact) mass is 449 g/mol. The molecule has 2 atom stereocenters. The van der Waals surface area contributed by atoms with E-state index < -0.39 is 6.10 Å². The number of aromatic nitrogens is 2. The number of aliphatic hydroxyl groups excluding tert-OH is 1. The van der Waals surface area contributed by atoms with Crippen LogP contribution in [0.4, 0.5) is 0 Å². The highest BCUT2D eigenvalue weighted by Crippen LogP contribution is 2.32. The summed E-state index contributed by atoms with van der Waals surface area (Å²) >= 11 is 0. The summed E-state index contributed by atoms with van der Waals surface area (Å²) in [5.41, 5.74) is 2.84. The first-order valence-electron chi connectivity index (χ1n) is 11.5. The molecule has 0 spiro atoms. The van der Waals surface area contributed by atoms with Gasteiger partial charge in [0.15, 0.2) is 0 Å². The number of aliphatic hydroxyl groups is 1. The van der Waals surface area contributed by atoms with Crippen LogP contribution in [0, 0.1) is 6.92 Å². The molecule has 33 heavy (non-hydrogen) atoms. The third-order valence-corrected chi connectivity index (χ3v) is 5.66. The molecule has 0 aliphatic heterocycles. The van der Waals surface area contributed by atoms with Crippen LogP contribution in [0.25, 0.3) is 5.69 Å². The van der Waals surface area contributed by atoms with E-state index in [-0.39, 0.29) is 12.6 Å². The molecule has 6 nitrogen and oxygen atoms in total. The second-order valence-electron chi connectivity index (χ2n) is 8.20. The van der Waals surface area contributed by atoms with Crippen LogP contribution in [0.15, 0.2) is 73.3 Å². The summed E-state index contributed by atoms with van der Waals surface area (Å²) in [5, 5.41) is 15.4. The predicted octanol–water partition coefficient (Wildman–Crippen LogP) is 5.14. The quantitative estimate of drug-likeness (QED) is 0.289. The standard InChI is InChI=1S/C27H35N3O3/c1-5-17-32-20-24(31)18-29(21(3)6-2)19-26-22(4)28-30(23-13-9-7-10-14-23)27(26)33-25-15-11-8-12-16-25/h5,7-16,21,24,31H,1,6,17-20H2,2-4H3. The van der Waals surface area contributed by atoms with E-state index in [0.717, 1.165) is 29.1 Å². The second kappa shape index (κ2) is 12.3. The molecule has 0 saturated carbocycles. The maximum absolute atomic E-state index is 10.6. The van der Waals surface area contributed by atoms with Gasteiger partial charge in [0.2, 0.25) is 5.88 Å². The van der Waals surface area contributed by atoms with E-state index in [9.17, 15) is 5.11 Å². The fourth-order valence-electron chi connectivity index (χ4n) is 3.64. The Morgan fingerprint density at radius 2 is 1.79 bits per heavy atom. The van der Waals surface area contributed by atoms with Gasteiger partial charge in [-0.2, -0.15) is 5.10 Å². The number of benzene rings is 2. The van der Waals surface area contributed by atoms with Crippen molar-refractivity contribution < 1.29 is 14.6 Å². The van der Waals surface area contributed by atoms with Gasteiger partial charge in [-0.25, -0.2) is 4.68 Å². The van der Waals surface area contributed by atoms with Gasteiger partial charge in [-0.05, 0) is 44.5 Å². The Morgan fingerprint density at radius 1 is 1.12 bits per heavy atom. The Hall–Kier alpha value is -2.93. The Morgan fingerprint density at radius 3 is 2.42 bits per heavy atom. The molecule has 0 saturated heterocycles. The minimum atomic E-state index is -0.595. The maximum atomic E-state index is 10.6. The van der Waals surface area contributed by atoms with Gasteiger partial charge in [-0.15, -0.1) is 6.58 Å². The van der Waals surface area contributed by atoms with E-state index in [4.69, 9.17) is 14.6 Å². The van der Waals surface area contributed by atoms with E-state index in [2.05, 4.69) is 25.3 Å². The summed E-state index contributed by atoms with van der Waals surface area (Å²) in [4.78, 5) is 2.26. The van der Waals surface area contributed by atoms with Gasteiger partial charge in [0.1, 0.15) is 5.75 Å². The van der Waals surface area contributed by atoms with Crippen LogP contribution in [0.1, 0.15) is 31.5 Å². The number of nitrogens with zero attached hydrogens (tertiary/aromatic N) is 3. The molecule has 2 aromatic carbocycles. The Kier molecular flexibility index (Phi) is 9.24. The zero-order valence-corrected chi connectivity index (χ0v) is 19.9. The van der Waals surface area contributed by atoms with Crippen molar-refractivity contribution in [2.24, 2.45) is 0 Å². The molecule has 3 rings (SSSR count). The van der Waals surface area contributed by atoms with Gasteiger partial charge in [0.25, 0.3) is 0 Å². The van der Waals surface area contributed by atoms with Gasteiger partial charge in [0, 0.05) is 19.1 Å². The number of hydrogen-bond acceptors (Lipinski definition) is 5. The SMILES string of the molecule is C=CCOCC(O)CN(Cc1c(C)nn(-c2ccccc2)c1Oc1ccccc1)C(C)CC. The normalized spacial score (nSPS) is 13.1. The summed E-state index contributed by atoms with van der Waals surface area (Å²) in [6.45, 7) is 11.8. The molecule has 1 N–H and O–H groups in total. The van der Waals surface area contributed by atoms with E-state index >= 15 is 0 Å². The van der Waals surface area contributed by atoms with Crippen molar-refractivity contribution in [3.8, 4) is 17.3 Å². The van der Waals surface area contributed by atoms with Crippen LogP contribution >= 0.6 is 0 Å². The lowest BCUT2D eigenvalue weighted by Gasteiger charge is -2.30. The summed E-state index contributed by atoms with van der Waals surface area (Å²) in [5.74, 6) is 1.44. The van der Waals surface area contributed by atoms with Gasteiger partial charge in [-0.3, -0.25) is 4.90 Å². The summed E-state index contributed by atoms with van der Waals surface area (Å²) in [6, 6.07) is 20.0. The van der Waals surface area contributed by atoms with Crippen LogP contribution in [0.2, 0.25) is 0 Å². The maximum Gasteiger partial charge on any atom is 0.227 e. The molecular weight excluding hydrogens is 414 g/mol. The average molecular weight is 450 g/mol. The number of ether oxygens (including phenoxy) is 2. The minimum Gasteiger partial charge on any atom is -0.439 e. The zero-order valence-electron chi connectivity index (χ0n) is 19.9. The van der Waals surface area contributed by atoms with Crippen molar-refractivity contribution >= 4 is 0 Å². The summed E-state index contributed by atoms with van der Waals surface area (Å²) < 4.78 is 13.7. The molecule has 176 valence electrons. The molecule has 1 heterocycles. The van der Waals surface area contributed by atoms with Crippen LogP contribution < -0.4 is 4.74 Å². The first kappa shape index (κ1) is 24.7. The molecule has 0 fully saturated rings. The summed E-state index contributed by atoms with van der Waals surface area (Å²) in [6.07, 6.45) is 2.05. The van der Waals surface area contributed by atoms with Gasteiger partial charge >= 0.3 is 0 Å². The molecule has 0 radical (unpaired) electrons. The van der Waals surface area contributed by atoms with Crippen molar-refractivity contribution in [2.75, 3.05) is 19.8 Å². The molecule has 0 aliphatic rings. The first-order chi connectivity index (χ1) is 16.0. The highest BCUT2D eigenvalue weighted by Gasteiger charge is 2.24. The van der Waals surface area contributed by atoms with Crippen LogP contribution in [0.3, 0.4) is 0 Å². The molecule has 0 bridgehead atoms. The lowest BCUT2D eigenvalue weighted by molar-refractivity contribution is 0.0155. The highest BCUT2D eigenvalue weighted by atomic mass is 16.5. The van der Waals surface area contributed by atoms with Crippen molar-refractivity contribution in [2.45, 2.75) is 45.9 Å². The van der Waals surface area contributed by atoms with Crippen molar-refractivity contribution in [3.05, 3.63) is 84.6 Å². The van der Waals surface area contributed by atoms with Crippen LogP contribution in [-0.4, -0.2) is 51.7 Å². The number of para-hydroxylation sites is 2. The molecule has 2 unspecified atom stereocenters. The topological polar surface area (TPSA) is 59.8 Å². The molecular formula is C27H35N3O3. The van der Waals surface area contributed by atoms with Crippen molar-refractivity contribution in [1.82, 2.24) is 14.7 Å². The van der Waals surface area contributed by atoms with Gasteiger partial charge < -0.3 is 14.6 Å². The average Bonchev–Trinajstić information content (AvgIpc) is 3.14. The molecule has 1 aromatic heterocycles. The number of hydrogen-bond donors (Lipinski definition) is 1. The van der Waals surface area contributed by atoms with Gasteiger partial charge in [-0.1, -0.05) is 49.4 Å². The number of rotatable bonds is 13. The first-order valence-corrected chi connectivity index (χ1v) is 11.5. The van der Waals surface area contributed by atoms with E-state index in [1.54, 1.807) is 6.08 Å². The smallest absolute Gasteiger partial charge is 0.227 e. The van der Waals surface area contributed by atoms with Gasteiger partial charge in [0.05, 0.1) is 36.3 Å². The van der Waals surface area contributed by atoms with Crippen molar-refractivity contribution in [3.63, 3.8) is 0 Å². The molecule has 6 heteroatoms. The third-order valence-electron chi connectivity index (χ3n) is 5.66. The van der Waals surface area contributed by atoms with E-state index in [1.807, 2.05) is 72.3 Å².